The molecule has 0 fully saturated rings. The Morgan fingerprint density at radius 3 is 1.50 bits per heavy atom. The number of methoxy groups -OCH3 is 1. The highest BCUT2D eigenvalue weighted by Crippen LogP contribution is 2.52. The normalized spacial score (nSPS) is 13.5. The minimum absolute atomic E-state index is 0.0243. The molecule has 0 atom stereocenters. The summed E-state index contributed by atoms with van der Waals surface area (Å²) in [5.74, 6) is 0.768. The van der Waals surface area contributed by atoms with Crippen LogP contribution in [0.15, 0.2) is 127 Å². The van der Waals surface area contributed by atoms with Crippen LogP contribution in [0.4, 0.5) is 0 Å². The Bertz CT molecular complexity index is 1640. The standard InChI is InChI=1S/C34H24O2/c1-36-28-22-21-23-13-11-12-20-27(23)32(28)33-29(24-14-5-2-6-15-24)30(25-16-7-3-8-17-25)34(35)31(33)26-18-9-4-10-19-26/h2-22H,1H3. The van der Waals surface area contributed by atoms with Crippen molar-refractivity contribution in [3.63, 3.8) is 0 Å². The van der Waals surface area contributed by atoms with Crippen molar-refractivity contribution in [1.82, 2.24) is 0 Å². The molecule has 2 nitrogen and oxygen atoms in total. The van der Waals surface area contributed by atoms with Gasteiger partial charge >= 0.3 is 0 Å². The van der Waals surface area contributed by atoms with Gasteiger partial charge in [0.05, 0.1) is 7.11 Å². The fourth-order valence-electron chi connectivity index (χ4n) is 5.19. The molecule has 0 amide bonds. The molecule has 0 saturated heterocycles. The van der Waals surface area contributed by atoms with E-state index in [1.807, 2.05) is 97.1 Å². The molecule has 0 saturated carbocycles. The quantitative estimate of drug-likeness (QED) is 0.264. The first-order valence-electron chi connectivity index (χ1n) is 12.0. The van der Waals surface area contributed by atoms with Crippen LogP contribution >= 0.6 is 0 Å². The third-order valence-electron chi connectivity index (χ3n) is 6.75. The third-order valence-corrected chi connectivity index (χ3v) is 6.75. The molecule has 6 rings (SSSR count). The zero-order valence-electron chi connectivity index (χ0n) is 19.9. The molecule has 0 radical (unpaired) electrons. The zero-order chi connectivity index (χ0) is 24.5. The van der Waals surface area contributed by atoms with Gasteiger partial charge < -0.3 is 4.74 Å². The van der Waals surface area contributed by atoms with E-state index in [0.29, 0.717) is 11.1 Å². The van der Waals surface area contributed by atoms with Crippen molar-refractivity contribution in [2.24, 2.45) is 0 Å². The first-order chi connectivity index (χ1) is 17.8. The summed E-state index contributed by atoms with van der Waals surface area (Å²) in [6, 6.07) is 42.5. The number of hydrogen-bond donors (Lipinski definition) is 0. The molecule has 1 aliphatic carbocycles. The molecule has 0 aliphatic heterocycles. The Balaban J connectivity index is 1.80. The number of carbonyl (C=O) groups excluding carboxylic acids is 1. The molecule has 172 valence electrons. The Morgan fingerprint density at radius 2 is 0.944 bits per heavy atom. The molecule has 0 spiro atoms. The largest absolute Gasteiger partial charge is 0.496 e. The first-order valence-corrected chi connectivity index (χ1v) is 12.0. The molecular weight excluding hydrogens is 440 g/mol. The second-order valence-corrected chi connectivity index (χ2v) is 8.79. The molecular formula is C34H24O2. The van der Waals surface area contributed by atoms with Crippen LogP contribution in [-0.2, 0) is 4.79 Å². The van der Waals surface area contributed by atoms with Crippen LogP contribution in [0.25, 0.3) is 33.1 Å². The summed E-state index contributed by atoms with van der Waals surface area (Å²) in [7, 11) is 1.69. The lowest BCUT2D eigenvalue weighted by atomic mass is 9.86. The Kier molecular flexibility index (Phi) is 5.55. The number of rotatable bonds is 5. The average molecular weight is 465 g/mol. The summed E-state index contributed by atoms with van der Waals surface area (Å²) in [5.41, 5.74) is 6.99. The molecule has 0 N–H and O–H groups in total. The number of carbonyl (C=O) groups is 1. The monoisotopic (exact) mass is 464 g/mol. The number of ether oxygens (including phenoxy) is 1. The van der Waals surface area contributed by atoms with Crippen LogP contribution in [0.1, 0.15) is 22.3 Å². The summed E-state index contributed by atoms with van der Waals surface area (Å²) < 4.78 is 5.94. The summed E-state index contributed by atoms with van der Waals surface area (Å²) in [6.07, 6.45) is 0. The molecule has 0 aromatic heterocycles. The number of Topliss-reactive ketones (excluding diaryl/α,β-unsaturated/α-hetero) is 1. The van der Waals surface area contributed by atoms with Crippen molar-refractivity contribution < 1.29 is 9.53 Å². The van der Waals surface area contributed by atoms with Crippen LogP contribution in [0.3, 0.4) is 0 Å². The molecule has 5 aromatic carbocycles. The molecule has 0 bridgehead atoms. The van der Waals surface area contributed by atoms with Gasteiger partial charge in [0.2, 0.25) is 0 Å². The van der Waals surface area contributed by atoms with Gasteiger partial charge in [-0.05, 0) is 33.5 Å². The van der Waals surface area contributed by atoms with Crippen LogP contribution in [-0.4, -0.2) is 12.9 Å². The van der Waals surface area contributed by atoms with Gasteiger partial charge in [-0.3, -0.25) is 4.79 Å². The maximum absolute atomic E-state index is 14.5. The van der Waals surface area contributed by atoms with Crippen LogP contribution < -0.4 is 4.74 Å². The average Bonchev–Trinajstić information content (AvgIpc) is 3.26. The van der Waals surface area contributed by atoms with Crippen LogP contribution in [0.2, 0.25) is 0 Å². The second-order valence-electron chi connectivity index (χ2n) is 8.79. The lowest BCUT2D eigenvalue weighted by molar-refractivity contribution is -0.108. The fraction of sp³-hybridized carbons (Fsp3) is 0.0294. The zero-order valence-corrected chi connectivity index (χ0v) is 19.9. The highest BCUT2D eigenvalue weighted by molar-refractivity contribution is 6.59. The van der Waals surface area contributed by atoms with Gasteiger partial charge in [0.1, 0.15) is 5.75 Å². The van der Waals surface area contributed by atoms with E-state index < -0.39 is 0 Å². The van der Waals surface area contributed by atoms with Gasteiger partial charge in [0.25, 0.3) is 0 Å². The van der Waals surface area contributed by atoms with Crippen LogP contribution in [0, 0.1) is 0 Å². The molecule has 36 heavy (non-hydrogen) atoms. The topological polar surface area (TPSA) is 26.3 Å². The highest BCUT2D eigenvalue weighted by atomic mass is 16.5. The van der Waals surface area contributed by atoms with Gasteiger partial charge in [-0.25, -0.2) is 0 Å². The third kappa shape index (κ3) is 3.55. The van der Waals surface area contributed by atoms with Crippen molar-refractivity contribution in [1.29, 1.82) is 0 Å². The molecule has 5 aromatic rings. The smallest absolute Gasteiger partial charge is 0.195 e. The van der Waals surface area contributed by atoms with E-state index in [4.69, 9.17) is 4.74 Å². The maximum Gasteiger partial charge on any atom is 0.195 e. The predicted molar refractivity (Wildman–Crippen MR) is 148 cm³/mol. The highest BCUT2D eigenvalue weighted by Gasteiger charge is 2.37. The second kappa shape index (κ2) is 9.16. The van der Waals surface area contributed by atoms with E-state index in [1.54, 1.807) is 7.11 Å². The Morgan fingerprint density at radius 1 is 0.472 bits per heavy atom. The van der Waals surface area contributed by atoms with E-state index in [-0.39, 0.29) is 5.78 Å². The van der Waals surface area contributed by atoms with Crippen molar-refractivity contribution in [2.45, 2.75) is 0 Å². The minimum Gasteiger partial charge on any atom is -0.496 e. The predicted octanol–water partition coefficient (Wildman–Crippen LogP) is 7.95. The maximum atomic E-state index is 14.5. The van der Waals surface area contributed by atoms with Crippen molar-refractivity contribution in [3.8, 4) is 5.75 Å². The molecule has 2 heteroatoms. The number of allylic oxidation sites excluding steroid dienone is 4. The first kappa shape index (κ1) is 21.8. The van der Waals surface area contributed by atoms with E-state index in [0.717, 1.165) is 49.9 Å². The van der Waals surface area contributed by atoms with E-state index >= 15 is 0 Å². The van der Waals surface area contributed by atoms with Crippen molar-refractivity contribution in [2.75, 3.05) is 7.11 Å². The van der Waals surface area contributed by atoms with Gasteiger partial charge in [-0.1, -0.05) is 121 Å². The Labute approximate surface area is 210 Å². The van der Waals surface area contributed by atoms with Crippen molar-refractivity contribution >= 4 is 38.8 Å². The number of ketones is 1. The van der Waals surface area contributed by atoms with Gasteiger partial charge in [-0.15, -0.1) is 0 Å². The van der Waals surface area contributed by atoms with Crippen molar-refractivity contribution in [3.05, 3.63) is 150 Å². The molecule has 0 heterocycles. The number of fused-ring (bicyclic) bond motifs is 1. The van der Waals surface area contributed by atoms with Crippen LogP contribution in [0.5, 0.6) is 5.75 Å². The minimum atomic E-state index is 0.0243. The van der Waals surface area contributed by atoms with Gasteiger partial charge in [0.15, 0.2) is 5.78 Å². The molecule has 1 aliphatic rings. The van der Waals surface area contributed by atoms with Gasteiger partial charge in [-0.2, -0.15) is 0 Å². The summed E-state index contributed by atoms with van der Waals surface area (Å²) in [5, 5.41) is 2.15. The fourth-order valence-corrected chi connectivity index (χ4v) is 5.19. The summed E-state index contributed by atoms with van der Waals surface area (Å²) in [4.78, 5) is 14.5. The SMILES string of the molecule is COc1ccc2ccccc2c1C1=C(c2ccccc2)C(=O)C(c2ccccc2)=C1c1ccccc1. The number of benzene rings is 5. The Hall–Kier alpha value is -4.69. The summed E-state index contributed by atoms with van der Waals surface area (Å²) >= 11 is 0. The van der Waals surface area contributed by atoms with Gasteiger partial charge in [0, 0.05) is 27.9 Å². The lowest BCUT2D eigenvalue weighted by Crippen LogP contribution is -2.02. The lowest BCUT2D eigenvalue weighted by Gasteiger charge is -2.18. The molecule has 0 unspecified atom stereocenters. The van der Waals surface area contributed by atoms with E-state index in [2.05, 4.69) is 30.3 Å². The number of hydrogen-bond acceptors (Lipinski definition) is 2. The summed E-state index contributed by atoms with van der Waals surface area (Å²) in [6.45, 7) is 0. The van der Waals surface area contributed by atoms with E-state index in [9.17, 15) is 4.79 Å². The van der Waals surface area contributed by atoms with E-state index in [1.165, 1.54) is 0 Å².